The van der Waals surface area contributed by atoms with E-state index < -0.39 is 5.97 Å². The van der Waals surface area contributed by atoms with E-state index in [0.29, 0.717) is 18.5 Å². The summed E-state index contributed by atoms with van der Waals surface area (Å²) in [5.74, 6) is -0.115. The fourth-order valence-corrected chi connectivity index (χ4v) is 2.31. The molecule has 1 aromatic rings. The number of carboxylic acid groups (broad SMARTS) is 1. The van der Waals surface area contributed by atoms with Crippen LogP contribution in [0.2, 0.25) is 0 Å². The summed E-state index contributed by atoms with van der Waals surface area (Å²) in [7, 11) is 0. The highest BCUT2D eigenvalue weighted by Crippen LogP contribution is 2.38. The van der Waals surface area contributed by atoms with Crippen molar-refractivity contribution in [2.45, 2.75) is 38.3 Å². The number of aromatic nitrogens is 2. The number of ether oxygens (including phenoxy) is 1. The van der Waals surface area contributed by atoms with Gasteiger partial charge in [-0.15, -0.1) is 0 Å². The number of hydrogen-bond acceptors (Lipinski definition) is 3. The third-order valence-corrected chi connectivity index (χ3v) is 3.11. The van der Waals surface area contributed by atoms with Gasteiger partial charge in [-0.25, -0.2) is 4.98 Å². The van der Waals surface area contributed by atoms with Gasteiger partial charge in [0.1, 0.15) is 12.2 Å². The summed E-state index contributed by atoms with van der Waals surface area (Å²) >= 11 is 0. The van der Waals surface area contributed by atoms with Crippen molar-refractivity contribution < 1.29 is 14.6 Å². The summed E-state index contributed by atoms with van der Waals surface area (Å²) in [6.07, 6.45) is 3.18. The molecule has 0 aromatic carbocycles. The lowest BCUT2D eigenvalue weighted by Crippen LogP contribution is -2.14. The molecule has 1 saturated carbocycles. The molecule has 5 nitrogen and oxygen atoms in total. The maximum atomic E-state index is 10.8. The number of carbonyl (C=O) groups is 1. The lowest BCUT2D eigenvalue weighted by Gasteiger charge is -2.14. The Balaban J connectivity index is 2.01. The van der Waals surface area contributed by atoms with E-state index in [-0.39, 0.29) is 6.42 Å². The van der Waals surface area contributed by atoms with Gasteiger partial charge in [0, 0.05) is 18.2 Å². The van der Waals surface area contributed by atoms with Crippen molar-refractivity contribution >= 4 is 5.97 Å². The molecule has 0 saturated heterocycles. The van der Waals surface area contributed by atoms with Gasteiger partial charge < -0.3 is 14.4 Å². The van der Waals surface area contributed by atoms with Crippen molar-refractivity contribution in [2.24, 2.45) is 0 Å². The number of aliphatic carboxylic acids is 1. The molecule has 16 heavy (non-hydrogen) atoms. The van der Waals surface area contributed by atoms with Crippen molar-refractivity contribution in [3.8, 4) is 0 Å². The molecule has 2 aliphatic rings. The van der Waals surface area contributed by atoms with E-state index >= 15 is 0 Å². The fraction of sp³-hybridized carbons (Fsp3) is 0.636. The van der Waals surface area contributed by atoms with E-state index in [1.165, 1.54) is 5.69 Å². The first kappa shape index (κ1) is 9.84. The highest BCUT2D eigenvalue weighted by Gasteiger charge is 2.31. The summed E-state index contributed by atoms with van der Waals surface area (Å²) in [5.41, 5.74) is 2.14. The summed E-state index contributed by atoms with van der Waals surface area (Å²) < 4.78 is 7.49. The zero-order chi connectivity index (χ0) is 11.1. The standard InChI is InChI=1S/C11H14N2O3/c14-11(15)5-10-12-8-6-16-4-3-9(8)13(10)7-1-2-7/h7H,1-6H2,(H,14,15). The first-order valence-electron chi connectivity index (χ1n) is 5.64. The average molecular weight is 222 g/mol. The molecule has 0 radical (unpaired) electrons. The zero-order valence-electron chi connectivity index (χ0n) is 8.98. The topological polar surface area (TPSA) is 64.3 Å². The second kappa shape index (κ2) is 3.59. The quantitative estimate of drug-likeness (QED) is 0.825. The monoisotopic (exact) mass is 222 g/mol. The number of nitrogens with zero attached hydrogens (tertiary/aromatic N) is 2. The molecule has 1 fully saturated rings. The van der Waals surface area contributed by atoms with E-state index in [4.69, 9.17) is 9.84 Å². The first-order chi connectivity index (χ1) is 7.75. The minimum atomic E-state index is -0.815. The maximum absolute atomic E-state index is 10.8. The molecule has 1 aliphatic heterocycles. The summed E-state index contributed by atoms with van der Waals surface area (Å²) in [6, 6.07) is 0.490. The van der Waals surface area contributed by atoms with Gasteiger partial charge >= 0.3 is 5.97 Å². The highest BCUT2D eigenvalue weighted by atomic mass is 16.5. The van der Waals surface area contributed by atoms with Crippen LogP contribution in [0.4, 0.5) is 0 Å². The molecule has 1 N–H and O–H groups in total. The molecule has 5 heteroatoms. The van der Waals surface area contributed by atoms with Crippen LogP contribution in [0.3, 0.4) is 0 Å². The molecule has 2 heterocycles. The Morgan fingerprint density at radius 2 is 2.38 bits per heavy atom. The molecular formula is C11H14N2O3. The number of carboxylic acids is 1. The molecule has 0 spiro atoms. The molecule has 86 valence electrons. The number of fused-ring (bicyclic) bond motifs is 1. The number of rotatable bonds is 3. The molecular weight excluding hydrogens is 208 g/mol. The van der Waals surface area contributed by atoms with Gasteiger partial charge in [0.2, 0.25) is 0 Å². The van der Waals surface area contributed by atoms with E-state index in [1.54, 1.807) is 0 Å². The zero-order valence-corrected chi connectivity index (χ0v) is 8.98. The van der Waals surface area contributed by atoms with Gasteiger partial charge in [-0.1, -0.05) is 0 Å². The summed E-state index contributed by atoms with van der Waals surface area (Å²) in [4.78, 5) is 15.2. The van der Waals surface area contributed by atoms with E-state index in [9.17, 15) is 4.79 Å². The minimum absolute atomic E-state index is 0.0174. The number of hydrogen-bond donors (Lipinski definition) is 1. The Hall–Kier alpha value is -1.36. The molecule has 1 aromatic heterocycles. The van der Waals surface area contributed by atoms with Crippen LogP contribution in [0.5, 0.6) is 0 Å². The van der Waals surface area contributed by atoms with Crippen LogP contribution in [-0.4, -0.2) is 27.2 Å². The lowest BCUT2D eigenvalue weighted by molar-refractivity contribution is -0.136. The van der Waals surface area contributed by atoms with Crippen LogP contribution in [0.15, 0.2) is 0 Å². The molecule has 0 amide bonds. The third kappa shape index (κ3) is 1.61. The van der Waals surface area contributed by atoms with E-state index in [1.807, 2.05) is 0 Å². The summed E-state index contributed by atoms with van der Waals surface area (Å²) in [6.45, 7) is 1.25. The van der Waals surface area contributed by atoms with Crippen molar-refractivity contribution in [3.63, 3.8) is 0 Å². The molecule has 3 rings (SSSR count). The van der Waals surface area contributed by atoms with E-state index in [0.717, 1.165) is 31.6 Å². The average Bonchev–Trinajstić information content (AvgIpc) is 3.00. The SMILES string of the molecule is O=C(O)Cc1nc2c(n1C1CC1)CCOC2. The lowest BCUT2D eigenvalue weighted by atomic mass is 10.2. The van der Waals surface area contributed by atoms with Gasteiger partial charge in [-0.3, -0.25) is 4.79 Å². The fourth-order valence-electron chi connectivity index (χ4n) is 2.31. The maximum Gasteiger partial charge on any atom is 0.311 e. The van der Waals surface area contributed by atoms with Crippen molar-refractivity contribution in [1.82, 2.24) is 9.55 Å². The Kier molecular flexibility index (Phi) is 2.21. The Morgan fingerprint density at radius 1 is 1.56 bits per heavy atom. The van der Waals surface area contributed by atoms with Crippen molar-refractivity contribution in [1.29, 1.82) is 0 Å². The normalized spacial score (nSPS) is 19.5. The van der Waals surface area contributed by atoms with Crippen LogP contribution in [0.25, 0.3) is 0 Å². The van der Waals surface area contributed by atoms with Gasteiger partial charge in [0.25, 0.3) is 0 Å². The molecule has 0 bridgehead atoms. The van der Waals surface area contributed by atoms with Gasteiger partial charge in [0.05, 0.1) is 18.9 Å². The summed E-state index contributed by atoms with van der Waals surface area (Å²) in [5, 5.41) is 8.87. The molecule has 0 atom stereocenters. The molecule has 0 unspecified atom stereocenters. The van der Waals surface area contributed by atoms with Crippen LogP contribution in [-0.2, 0) is 29.0 Å². The minimum Gasteiger partial charge on any atom is -0.481 e. The Labute approximate surface area is 93.0 Å². The Bertz CT molecular complexity index is 435. The van der Waals surface area contributed by atoms with Crippen LogP contribution < -0.4 is 0 Å². The second-order valence-electron chi connectivity index (χ2n) is 4.40. The largest absolute Gasteiger partial charge is 0.481 e. The first-order valence-corrected chi connectivity index (χ1v) is 5.64. The van der Waals surface area contributed by atoms with Gasteiger partial charge in [-0.2, -0.15) is 0 Å². The third-order valence-electron chi connectivity index (χ3n) is 3.11. The van der Waals surface area contributed by atoms with Crippen LogP contribution >= 0.6 is 0 Å². The van der Waals surface area contributed by atoms with E-state index in [2.05, 4.69) is 9.55 Å². The van der Waals surface area contributed by atoms with Crippen molar-refractivity contribution in [3.05, 3.63) is 17.2 Å². The predicted octanol–water partition coefficient (Wildman–Crippen LogP) is 0.918. The van der Waals surface area contributed by atoms with Crippen molar-refractivity contribution in [2.75, 3.05) is 6.61 Å². The van der Waals surface area contributed by atoms with Gasteiger partial charge in [0.15, 0.2) is 0 Å². The molecule has 1 aliphatic carbocycles. The second-order valence-corrected chi connectivity index (χ2v) is 4.40. The predicted molar refractivity (Wildman–Crippen MR) is 55.2 cm³/mol. The smallest absolute Gasteiger partial charge is 0.311 e. The Morgan fingerprint density at radius 3 is 3.06 bits per heavy atom. The highest BCUT2D eigenvalue weighted by molar-refractivity contribution is 5.69. The van der Waals surface area contributed by atoms with Crippen LogP contribution in [0.1, 0.15) is 36.1 Å². The number of imidazole rings is 1. The van der Waals surface area contributed by atoms with Crippen LogP contribution in [0, 0.1) is 0 Å². The van der Waals surface area contributed by atoms with Gasteiger partial charge in [-0.05, 0) is 12.8 Å².